The molecule has 1 saturated heterocycles. The topological polar surface area (TPSA) is 118 Å². The van der Waals surface area contributed by atoms with Crippen molar-refractivity contribution in [1.29, 1.82) is 0 Å². The van der Waals surface area contributed by atoms with Crippen LogP contribution in [0.3, 0.4) is 0 Å². The third kappa shape index (κ3) is 4.46. The number of morpholine rings is 1. The number of halogens is 1. The molecule has 33 heavy (non-hydrogen) atoms. The van der Waals surface area contributed by atoms with E-state index in [0.717, 1.165) is 0 Å². The summed E-state index contributed by atoms with van der Waals surface area (Å²) >= 11 is 7.04. The first-order valence-electron chi connectivity index (χ1n) is 10.1. The van der Waals surface area contributed by atoms with Gasteiger partial charge in [-0.1, -0.05) is 23.4 Å². The molecule has 1 fully saturated rings. The molecule has 0 unspecified atom stereocenters. The Balaban J connectivity index is 1.39. The highest BCUT2D eigenvalue weighted by atomic mass is 35.5. The average Bonchev–Trinajstić information content (AvgIpc) is 3.20. The van der Waals surface area contributed by atoms with Crippen LogP contribution in [0.5, 0.6) is 0 Å². The zero-order valence-electron chi connectivity index (χ0n) is 17.2. The smallest absolute Gasteiger partial charge is 0.243 e. The van der Waals surface area contributed by atoms with Crippen LogP contribution < -0.4 is 0 Å². The van der Waals surface area contributed by atoms with Gasteiger partial charge in [0.2, 0.25) is 15.2 Å². The Kier molecular flexibility index (Phi) is 6.06. The van der Waals surface area contributed by atoms with Crippen molar-refractivity contribution in [3.05, 3.63) is 53.1 Å². The number of rotatable bonds is 6. The number of aromatic nitrogens is 4. The Hall–Kier alpha value is -2.57. The van der Waals surface area contributed by atoms with Crippen LogP contribution in [0.1, 0.15) is 10.4 Å². The van der Waals surface area contributed by atoms with Gasteiger partial charge in [0.15, 0.2) is 11.4 Å². The summed E-state index contributed by atoms with van der Waals surface area (Å²) in [6, 6.07) is 11.5. The Morgan fingerprint density at radius 1 is 1.12 bits per heavy atom. The zero-order chi connectivity index (χ0) is 23.0. The normalized spacial score (nSPS) is 15.3. The maximum absolute atomic E-state index is 13.0. The van der Waals surface area contributed by atoms with Crippen molar-refractivity contribution in [3.8, 4) is 0 Å². The number of hydrogen-bond donors (Lipinski definition) is 1. The molecule has 0 amide bonds. The van der Waals surface area contributed by atoms with Crippen LogP contribution in [0.25, 0.3) is 22.1 Å². The Labute approximate surface area is 198 Å². The quantitative estimate of drug-likeness (QED) is 0.315. The van der Waals surface area contributed by atoms with Gasteiger partial charge in [-0.15, -0.1) is 10.2 Å². The van der Waals surface area contributed by atoms with Gasteiger partial charge < -0.3 is 9.72 Å². The number of benzene rings is 2. The minimum absolute atomic E-state index is 0.0741. The summed E-state index contributed by atoms with van der Waals surface area (Å²) in [5.74, 6) is 0.0757. The first-order valence-corrected chi connectivity index (χ1v) is 12.9. The lowest BCUT2D eigenvalue weighted by atomic mass is 10.1. The van der Waals surface area contributed by atoms with Crippen molar-refractivity contribution in [2.45, 2.75) is 10.1 Å². The molecule has 1 aliphatic heterocycles. The van der Waals surface area contributed by atoms with Crippen molar-refractivity contribution in [2.24, 2.45) is 0 Å². The monoisotopic (exact) mass is 503 g/mol. The third-order valence-electron chi connectivity index (χ3n) is 5.27. The van der Waals surface area contributed by atoms with Crippen molar-refractivity contribution < 1.29 is 17.9 Å². The second kappa shape index (κ2) is 8.99. The van der Waals surface area contributed by atoms with Gasteiger partial charge in [0.1, 0.15) is 5.52 Å². The average molecular weight is 504 g/mol. The fourth-order valence-corrected chi connectivity index (χ4v) is 5.78. The van der Waals surface area contributed by atoms with E-state index in [-0.39, 0.29) is 16.4 Å². The van der Waals surface area contributed by atoms with E-state index in [9.17, 15) is 13.2 Å². The van der Waals surface area contributed by atoms with Gasteiger partial charge in [0.25, 0.3) is 0 Å². The Bertz CT molecular complexity index is 1450. The third-order valence-corrected chi connectivity index (χ3v) is 8.26. The molecule has 0 radical (unpaired) electrons. The van der Waals surface area contributed by atoms with E-state index in [1.807, 2.05) is 0 Å². The molecule has 5 rings (SSSR count). The van der Waals surface area contributed by atoms with Crippen molar-refractivity contribution in [2.75, 3.05) is 32.1 Å². The summed E-state index contributed by atoms with van der Waals surface area (Å²) < 4.78 is 32.7. The van der Waals surface area contributed by atoms with Gasteiger partial charge in [0, 0.05) is 34.6 Å². The van der Waals surface area contributed by atoms with Gasteiger partial charge in [-0.25, -0.2) is 13.4 Å². The first-order chi connectivity index (χ1) is 15.9. The van der Waals surface area contributed by atoms with Gasteiger partial charge in [-0.2, -0.15) is 4.31 Å². The van der Waals surface area contributed by atoms with Crippen LogP contribution in [-0.2, 0) is 14.8 Å². The van der Waals surface area contributed by atoms with E-state index in [1.54, 1.807) is 42.5 Å². The van der Waals surface area contributed by atoms with Crippen molar-refractivity contribution >= 4 is 61.2 Å². The number of sulfonamides is 1. The van der Waals surface area contributed by atoms with Crippen LogP contribution in [0, 0.1) is 0 Å². The summed E-state index contributed by atoms with van der Waals surface area (Å²) in [6.45, 7) is 1.41. The number of carbonyl (C=O) groups is 1. The number of H-pyrrole nitrogens is 1. The maximum atomic E-state index is 13.0. The summed E-state index contributed by atoms with van der Waals surface area (Å²) in [4.78, 5) is 20.2. The predicted molar refractivity (Wildman–Crippen MR) is 125 cm³/mol. The SMILES string of the molecule is O=C(CSc1nnc2c(n1)[nH]c1ccc(S(=O)(=O)N3CCOCC3)cc12)c1ccc(Cl)cc1. The number of carbonyl (C=O) groups excluding carboxylic acids is 1. The fourth-order valence-electron chi connectivity index (χ4n) is 3.54. The molecule has 0 bridgehead atoms. The highest BCUT2D eigenvalue weighted by Crippen LogP contribution is 2.28. The highest BCUT2D eigenvalue weighted by molar-refractivity contribution is 7.99. The lowest BCUT2D eigenvalue weighted by molar-refractivity contribution is 0.0730. The first kappa shape index (κ1) is 22.2. The molecule has 1 aliphatic rings. The second-order valence-corrected chi connectivity index (χ2v) is 10.7. The molecule has 0 spiro atoms. The standard InChI is InChI=1S/C21H18ClN5O4S2/c22-14-3-1-13(2-4-14)18(28)12-32-21-24-20-19(25-26-21)16-11-15(5-6-17(16)23-20)33(29,30)27-7-9-31-10-8-27/h1-6,11H,7-10,12H2,(H,23,24,26). The van der Waals surface area contributed by atoms with E-state index in [4.69, 9.17) is 16.3 Å². The second-order valence-electron chi connectivity index (χ2n) is 7.36. The fraction of sp³-hybridized carbons (Fsp3) is 0.238. The van der Waals surface area contributed by atoms with E-state index in [0.29, 0.717) is 64.1 Å². The number of Topliss-reactive ketones (excluding diaryl/α,β-unsaturated/α-hetero) is 1. The lowest BCUT2D eigenvalue weighted by Crippen LogP contribution is -2.40. The number of hydrogen-bond acceptors (Lipinski definition) is 8. The molecule has 2 aromatic carbocycles. The number of nitrogens with zero attached hydrogens (tertiary/aromatic N) is 4. The molecule has 0 saturated carbocycles. The number of thioether (sulfide) groups is 1. The molecule has 2 aromatic heterocycles. The number of ether oxygens (including phenoxy) is 1. The van der Waals surface area contributed by atoms with Crippen LogP contribution in [0.15, 0.2) is 52.5 Å². The number of aromatic amines is 1. The highest BCUT2D eigenvalue weighted by Gasteiger charge is 2.27. The van der Waals surface area contributed by atoms with E-state index < -0.39 is 10.0 Å². The van der Waals surface area contributed by atoms with Crippen molar-refractivity contribution in [1.82, 2.24) is 24.5 Å². The largest absolute Gasteiger partial charge is 0.379 e. The Morgan fingerprint density at radius 2 is 1.88 bits per heavy atom. The number of fused-ring (bicyclic) bond motifs is 3. The Morgan fingerprint density at radius 3 is 2.64 bits per heavy atom. The predicted octanol–water partition coefficient (Wildman–Crippen LogP) is 3.16. The van der Waals surface area contributed by atoms with Crippen LogP contribution in [0.2, 0.25) is 5.02 Å². The summed E-state index contributed by atoms with van der Waals surface area (Å²) in [5, 5.41) is 9.90. The minimum Gasteiger partial charge on any atom is -0.379 e. The molecule has 4 aromatic rings. The minimum atomic E-state index is -3.63. The molecule has 3 heterocycles. The number of nitrogens with one attached hydrogen (secondary N) is 1. The summed E-state index contributed by atoms with van der Waals surface area (Å²) in [5.41, 5.74) is 2.20. The van der Waals surface area contributed by atoms with Crippen molar-refractivity contribution in [3.63, 3.8) is 0 Å². The van der Waals surface area contributed by atoms with Gasteiger partial charge >= 0.3 is 0 Å². The molecule has 12 heteroatoms. The molecule has 0 atom stereocenters. The molecule has 0 aliphatic carbocycles. The molecular weight excluding hydrogens is 486 g/mol. The summed E-state index contributed by atoms with van der Waals surface area (Å²) in [7, 11) is -3.63. The maximum Gasteiger partial charge on any atom is 0.243 e. The summed E-state index contributed by atoms with van der Waals surface area (Å²) in [6.07, 6.45) is 0. The van der Waals surface area contributed by atoms with Gasteiger partial charge in [-0.3, -0.25) is 4.79 Å². The van der Waals surface area contributed by atoms with Crippen LogP contribution in [0.4, 0.5) is 0 Å². The molecular formula is C21H18ClN5O4S2. The van der Waals surface area contributed by atoms with E-state index >= 15 is 0 Å². The molecule has 9 nitrogen and oxygen atoms in total. The number of ketones is 1. The van der Waals surface area contributed by atoms with Crippen LogP contribution in [-0.4, -0.2) is 70.7 Å². The van der Waals surface area contributed by atoms with E-state index in [2.05, 4.69) is 20.2 Å². The zero-order valence-corrected chi connectivity index (χ0v) is 19.6. The molecule has 1 N–H and O–H groups in total. The lowest BCUT2D eigenvalue weighted by Gasteiger charge is -2.26. The van der Waals surface area contributed by atoms with Gasteiger partial charge in [-0.05, 0) is 42.5 Å². The van der Waals surface area contributed by atoms with E-state index in [1.165, 1.54) is 16.1 Å². The van der Waals surface area contributed by atoms with Gasteiger partial charge in [0.05, 0.1) is 23.9 Å². The van der Waals surface area contributed by atoms with Crippen LogP contribution >= 0.6 is 23.4 Å². The molecule has 170 valence electrons.